The van der Waals surface area contributed by atoms with Crippen molar-refractivity contribution in [3.63, 3.8) is 0 Å². The smallest absolute Gasteiger partial charge is 0.111 e. The van der Waals surface area contributed by atoms with E-state index < -0.39 is 31.0 Å². The fourth-order valence-corrected chi connectivity index (χ4v) is 1.78. The third kappa shape index (κ3) is 5.95. The van der Waals surface area contributed by atoms with Crippen molar-refractivity contribution in [2.75, 3.05) is 13.2 Å². The zero-order chi connectivity index (χ0) is 16.5. The van der Waals surface area contributed by atoms with Crippen LogP contribution in [-0.4, -0.2) is 78.2 Å². The van der Waals surface area contributed by atoms with Gasteiger partial charge in [0, 0.05) is 6.54 Å². The zero-order valence-corrected chi connectivity index (χ0v) is 12.6. The molecule has 9 heteroatoms. The van der Waals surface area contributed by atoms with Gasteiger partial charge < -0.3 is 30.3 Å². The van der Waals surface area contributed by atoms with E-state index in [9.17, 15) is 20.4 Å². The van der Waals surface area contributed by atoms with E-state index in [4.69, 9.17) is 9.84 Å². The average molecular weight is 319 g/mol. The van der Waals surface area contributed by atoms with Gasteiger partial charge in [0.05, 0.1) is 26.0 Å². The van der Waals surface area contributed by atoms with Gasteiger partial charge in [-0.1, -0.05) is 18.6 Å². The van der Waals surface area contributed by atoms with Crippen LogP contribution in [0.1, 0.15) is 25.5 Å². The van der Waals surface area contributed by atoms with Gasteiger partial charge >= 0.3 is 0 Å². The molecule has 0 saturated carbocycles. The van der Waals surface area contributed by atoms with E-state index in [-0.39, 0.29) is 13.2 Å². The Morgan fingerprint density at radius 3 is 2.50 bits per heavy atom. The molecular weight excluding hydrogens is 294 g/mol. The van der Waals surface area contributed by atoms with E-state index in [0.29, 0.717) is 5.69 Å². The molecule has 1 aromatic rings. The number of nitrogens with zero attached hydrogens (tertiary/aromatic N) is 3. The van der Waals surface area contributed by atoms with Crippen LogP contribution in [0.3, 0.4) is 0 Å². The summed E-state index contributed by atoms with van der Waals surface area (Å²) in [5.41, 5.74) is 0.591. The largest absolute Gasteiger partial charge is 0.394 e. The number of ether oxygens (including phenoxy) is 1. The van der Waals surface area contributed by atoms with E-state index in [1.807, 2.05) is 0 Å². The lowest BCUT2D eigenvalue weighted by Gasteiger charge is -2.25. The Hall–Kier alpha value is -1.10. The predicted octanol–water partition coefficient (Wildman–Crippen LogP) is -1.97. The van der Waals surface area contributed by atoms with Gasteiger partial charge in [0.1, 0.15) is 30.1 Å². The number of hydrogen-bond donors (Lipinski definition) is 5. The van der Waals surface area contributed by atoms with Crippen LogP contribution in [0.4, 0.5) is 0 Å². The predicted molar refractivity (Wildman–Crippen MR) is 75.7 cm³/mol. The van der Waals surface area contributed by atoms with E-state index >= 15 is 0 Å². The second-order valence-corrected chi connectivity index (χ2v) is 5.14. The normalized spacial score (nSPS) is 17.2. The van der Waals surface area contributed by atoms with Gasteiger partial charge in [-0.05, 0) is 6.42 Å². The third-order valence-electron chi connectivity index (χ3n) is 3.19. The van der Waals surface area contributed by atoms with Gasteiger partial charge in [0.15, 0.2) is 0 Å². The number of aromatic nitrogens is 3. The van der Waals surface area contributed by atoms with Gasteiger partial charge in [0.2, 0.25) is 0 Å². The number of aliphatic hydroxyl groups excluding tert-OH is 5. The van der Waals surface area contributed by atoms with Gasteiger partial charge in [-0.3, -0.25) is 4.68 Å². The first-order chi connectivity index (χ1) is 10.5. The van der Waals surface area contributed by atoms with Crippen molar-refractivity contribution in [3.05, 3.63) is 11.9 Å². The number of hydrogen-bond acceptors (Lipinski definition) is 8. The molecule has 0 spiro atoms. The Morgan fingerprint density at radius 1 is 1.18 bits per heavy atom. The summed E-state index contributed by atoms with van der Waals surface area (Å²) < 4.78 is 6.91. The van der Waals surface area contributed by atoms with Gasteiger partial charge in [-0.25, -0.2) is 0 Å². The quantitative estimate of drug-likeness (QED) is 0.316. The highest BCUT2D eigenvalue weighted by atomic mass is 16.5. The van der Waals surface area contributed by atoms with Crippen LogP contribution in [-0.2, 0) is 17.9 Å². The van der Waals surface area contributed by atoms with E-state index in [1.54, 1.807) is 10.9 Å². The molecule has 0 aliphatic rings. The van der Waals surface area contributed by atoms with Crippen molar-refractivity contribution >= 4 is 0 Å². The summed E-state index contributed by atoms with van der Waals surface area (Å²) in [5, 5.41) is 54.4. The Kier molecular flexibility index (Phi) is 8.46. The van der Waals surface area contributed by atoms with Crippen LogP contribution >= 0.6 is 0 Å². The maximum Gasteiger partial charge on any atom is 0.111 e. The minimum atomic E-state index is -1.65. The standard InChI is InChI=1S/C13H25N3O6/c1-2-3-4-16-5-9(14-15-16)7-22-8-11(19)13(21)12(20)10(18)6-17/h5,10-13,17-21H,2-4,6-8H2,1H3/t10-,11+,12+,13-/m0/s1. The number of unbranched alkanes of at least 4 members (excludes halogenated alkanes) is 1. The fourth-order valence-electron chi connectivity index (χ4n) is 1.78. The lowest BCUT2D eigenvalue weighted by atomic mass is 10.0. The van der Waals surface area contributed by atoms with Crippen molar-refractivity contribution in [2.24, 2.45) is 0 Å². The molecule has 1 heterocycles. The monoisotopic (exact) mass is 319 g/mol. The van der Waals surface area contributed by atoms with Gasteiger partial charge in [0.25, 0.3) is 0 Å². The maximum absolute atomic E-state index is 9.66. The molecule has 0 aromatic carbocycles. The molecule has 0 unspecified atom stereocenters. The first-order valence-corrected chi connectivity index (χ1v) is 7.29. The molecular formula is C13H25N3O6. The molecule has 128 valence electrons. The second-order valence-electron chi connectivity index (χ2n) is 5.14. The van der Waals surface area contributed by atoms with Crippen LogP contribution in [0.25, 0.3) is 0 Å². The highest BCUT2D eigenvalue weighted by Crippen LogP contribution is 2.07. The van der Waals surface area contributed by atoms with E-state index in [2.05, 4.69) is 17.2 Å². The summed E-state index contributed by atoms with van der Waals surface area (Å²) in [6.07, 6.45) is -2.41. The summed E-state index contributed by atoms with van der Waals surface area (Å²) in [4.78, 5) is 0. The van der Waals surface area contributed by atoms with Crippen molar-refractivity contribution in [1.82, 2.24) is 15.0 Å². The minimum absolute atomic E-state index is 0.106. The summed E-state index contributed by atoms with van der Waals surface area (Å²) in [5.74, 6) is 0. The Morgan fingerprint density at radius 2 is 1.86 bits per heavy atom. The van der Waals surface area contributed by atoms with Crippen LogP contribution in [0, 0.1) is 0 Å². The van der Waals surface area contributed by atoms with Crippen LogP contribution in [0.15, 0.2) is 6.20 Å². The highest BCUT2D eigenvalue weighted by Gasteiger charge is 2.30. The topological polar surface area (TPSA) is 141 Å². The summed E-state index contributed by atoms with van der Waals surface area (Å²) in [6, 6.07) is 0. The number of aryl methyl sites for hydroxylation is 1. The molecule has 1 aromatic heterocycles. The van der Waals surface area contributed by atoms with Crippen LogP contribution in [0.2, 0.25) is 0 Å². The average Bonchev–Trinajstić information content (AvgIpc) is 2.98. The lowest BCUT2D eigenvalue weighted by molar-refractivity contribution is -0.130. The molecule has 0 radical (unpaired) electrons. The molecule has 5 N–H and O–H groups in total. The van der Waals surface area contributed by atoms with E-state index in [0.717, 1.165) is 19.4 Å². The summed E-state index contributed by atoms with van der Waals surface area (Å²) >= 11 is 0. The van der Waals surface area contributed by atoms with Gasteiger partial charge in [-0.15, -0.1) is 5.10 Å². The summed E-state index contributed by atoms with van der Waals surface area (Å²) in [7, 11) is 0. The molecule has 0 saturated heterocycles. The molecule has 1 rings (SSSR count). The SMILES string of the molecule is CCCCn1cc(COC[C@@H](O)[C@H](O)[C@H](O)[C@@H](O)CO)nn1. The molecule has 9 nitrogen and oxygen atoms in total. The fraction of sp³-hybridized carbons (Fsp3) is 0.846. The Labute approximate surface area is 128 Å². The molecule has 0 aliphatic carbocycles. The first kappa shape index (κ1) is 18.9. The van der Waals surface area contributed by atoms with Crippen molar-refractivity contribution in [1.29, 1.82) is 0 Å². The Bertz CT molecular complexity index is 416. The number of aliphatic hydroxyl groups is 5. The minimum Gasteiger partial charge on any atom is -0.394 e. The lowest BCUT2D eigenvalue weighted by Crippen LogP contribution is -2.47. The van der Waals surface area contributed by atoms with Crippen LogP contribution in [0.5, 0.6) is 0 Å². The zero-order valence-electron chi connectivity index (χ0n) is 12.6. The highest BCUT2D eigenvalue weighted by molar-refractivity contribution is 4.89. The van der Waals surface area contributed by atoms with Crippen molar-refractivity contribution < 1.29 is 30.3 Å². The second kappa shape index (κ2) is 9.82. The summed E-state index contributed by atoms with van der Waals surface area (Å²) in [6.45, 7) is 1.99. The first-order valence-electron chi connectivity index (χ1n) is 7.29. The van der Waals surface area contributed by atoms with Gasteiger partial charge in [-0.2, -0.15) is 0 Å². The van der Waals surface area contributed by atoms with E-state index in [1.165, 1.54) is 0 Å². The Balaban J connectivity index is 2.32. The maximum atomic E-state index is 9.66. The molecule has 0 fully saturated rings. The van der Waals surface area contributed by atoms with Crippen molar-refractivity contribution in [2.45, 2.75) is 57.3 Å². The van der Waals surface area contributed by atoms with Crippen molar-refractivity contribution in [3.8, 4) is 0 Å². The molecule has 0 amide bonds. The molecule has 22 heavy (non-hydrogen) atoms. The number of rotatable bonds is 11. The molecule has 0 bridgehead atoms. The third-order valence-corrected chi connectivity index (χ3v) is 3.19. The molecule has 4 atom stereocenters. The van der Waals surface area contributed by atoms with Crippen LogP contribution < -0.4 is 0 Å². The molecule has 0 aliphatic heterocycles.